The molecule has 1 aromatic rings. The van der Waals surface area contributed by atoms with Gasteiger partial charge in [-0.1, -0.05) is 12.5 Å². The van der Waals surface area contributed by atoms with Crippen LogP contribution in [0.5, 0.6) is 0 Å². The third-order valence-corrected chi connectivity index (χ3v) is 7.43. The highest BCUT2D eigenvalue weighted by Crippen LogP contribution is 2.38. The van der Waals surface area contributed by atoms with Gasteiger partial charge in [-0.3, -0.25) is 34.3 Å². The topological polar surface area (TPSA) is 113 Å². The second-order valence-corrected chi connectivity index (χ2v) is 9.31. The molecule has 3 unspecified atom stereocenters. The van der Waals surface area contributed by atoms with Gasteiger partial charge in [0.25, 0.3) is 11.8 Å². The maximum Gasteiger partial charge on any atom is 0.262 e. The Balaban J connectivity index is 1.36. The number of nitrogens with zero attached hydrogens (tertiary/aromatic N) is 2. The van der Waals surface area contributed by atoms with Crippen molar-refractivity contribution >= 4 is 23.6 Å². The molecule has 3 fully saturated rings. The summed E-state index contributed by atoms with van der Waals surface area (Å²) < 4.78 is 0. The highest BCUT2D eigenvalue weighted by Gasteiger charge is 2.45. The third-order valence-electron chi connectivity index (χ3n) is 7.43. The summed E-state index contributed by atoms with van der Waals surface area (Å²) in [6, 6.07) is 5.55. The molecule has 0 radical (unpaired) electrons. The van der Waals surface area contributed by atoms with Crippen molar-refractivity contribution in [3.05, 3.63) is 34.9 Å². The Kier molecular flexibility index (Phi) is 5.14. The van der Waals surface area contributed by atoms with Crippen molar-refractivity contribution in [1.82, 2.24) is 15.1 Å². The first-order valence-electron chi connectivity index (χ1n) is 11.3. The van der Waals surface area contributed by atoms with Gasteiger partial charge in [0.2, 0.25) is 11.8 Å². The van der Waals surface area contributed by atoms with Crippen LogP contribution in [-0.4, -0.2) is 58.1 Å². The Morgan fingerprint density at radius 1 is 0.968 bits per heavy atom. The van der Waals surface area contributed by atoms with E-state index < -0.39 is 23.8 Å². The minimum atomic E-state index is -0.928. The number of imide groups is 2. The lowest BCUT2D eigenvalue weighted by Crippen LogP contribution is -2.54. The molecule has 0 saturated carbocycles. The van der Waals surface area contributed by atoms with Gasteiger partial charge in [-0.2, -0.15) is 0 Å². The van der Waals surface area contributed by atoms with Crippen molar-refractivity contribution in [2.24, 2.45) is 11.7 Å². The zero-order chi connectivity index (χ0) is 21.7. The average molecular weight is 425 g/mol. The van der Waals surface area contributed by atoms with Crippen LogP contribution in [0.25, 0.3) is 0 Å². The molecule has 4 aliphatic heterocycles. The van der Waals surface area contributed by atoms with E-state index in [-0.39, 0.29) is 18.7 Å². The second-order valence-electron chi connectivity index (χ2n) is 9.31. The van der Waals surface area contributed by atoms with E-state index in [1.54, 1.807) is 6.07 Å². The highest BCUT2D eigenvalue weighted by atomic mass is 16.2. The Bertz CT molecular complexity index is 947. The standard InChI is InChI=1S/C23H28N4O4/c24-11-14-8-15-2-1-3-16(9-14)26(15)12-13-4-5-17-18(10-13)23(31)27(22(17)30)19-6-7-20(28)25-21(19)29/h4-5,10,14-16,19H,1-3,6-9,11-12,24H2,(H,25,28,29). The molecule has 0 aliphatic carbocycles. The number of fused-ring (bicyclic) bond motifs is 3. The summed E-state index contributed by atoms with van der Waals surface area (Å²) in [6.45, 7) is 1.49. The van der Waals surface area contributed by atoms with Gasteiger partial charge in [0.15, 0.2) is 0 Å². The number of nitrogens with one attached hydrogen (secondary N) is 1. The molecular weight excluding hydrogens is 396 g/mol. The minimum Gasteiger partial charge on any atom is -0.330 e. The van der Waals surface area contributed by atoms with Crippen LogP contribution in [-0.2, 0) is 16.1 Å². The van der Waals surface area contributed by atoms with Crippen LogP contribution < -0.4 is 11.1 Å². The lowest BCUT2D eigenvalue weighted by Gasteiger charge is -2.49. The molecular formula is C23H28N4O4. The maximum absolute atomic E-state index is 13.1. The summed E-state index contributed by atoms with van der Waals surface area (Å²) in [5.74, 6) is -1.27. The van der Waals surface area contributed by atoms with E-state index in [1.165, 1.54) is 19.3 Å². The van der Waals surface area contributed by atoms with E-state index in [0.29, 0.717) is 29.1 Å². The predicted octanol–water partition coefficient (Wildman–Crippen LogP) is 1.18. The van der Waals surface area contributed by atoms with E-state index in [0.717, 1.165) is 36.4 Å². The van der Waals surface area contributed by atoms with Gasteiger partial charge in [0.05, 0.1) is 11.1 Å². The van der Waals surface area contributed by atoms with E-state index in [2.05, 4.69) is 10.2 Å². The predicted molar refractivity (Wildman–Crippen MR) is 112 cm³/mol. The molecule has 2 bridgehead atoms. The summed E-state index contributed by atoms with van der Waals surface area (Å²) in [6.07, 6.45) is 6.15. The van der Waals surface area contributed by atoms with Crippen LogP contribution in [0.3, 0.4) is 0 Å². The molecule has 3 N–H and O–H groups in total. The molecule has 4 amide bonds. The molecule has 3 saturated heterocycles. The number of benzene rings is 1. The number of hydrogen-bond donors (Lipinski definition) is 2. The molecule has 8 nitrogen and oxygen atoms in total. The smallest absolute Gasteiger partial charge is 0.262 e. The summed E-state index contributed by atoms with van der Waals surface area (Å²) >= 11 is 0. The van der Waals surface area contributed by atoms with Gasteiger partial charge >= 0.3 is 0 Å². The lowest BCUT2D eigenvalue weighted by molar-refractivity contribution is -0.136. The molecule has 164 valence electrons. The zero-order valence-corrected chi connectivity index (χ0v) is 17.5. The van der Waals surface area contributed by atoms with E-state index in [4.69, 9.17) is 5.73 Å². The zero-order valence-electron chi connectivity index (χ0n) is 17.5. The number of hydrogen-bond acceptors (Lipinski definition) is 6. The van der Waals surface area contributed by atoms with Gasteiger partial charge < -0.3 is 5.73 Å². The van der Waals surface area contributed by atoms with Crippen LogP contribution >= 0.6 is 0 Å². The first-order valence-corrected chi connectivity index (χ1v) is 11.3. The highest BCUT2D eigenvalue weighted by molar-refractivity contribution is 6.23. The van der Waals surface area contributed by atoms with Gasteiger partial charge in [0, 0.05) is 25.0 Å². The van der Waals surface area contributed by atoms with Gasteiger partial charge in [-0.15, -0.1) is 0 Å². The quantitative estimate of drug-likeness (QED) is 0.702. The van der Waals surface area contributed by atoms with Crippen LogP contribution in [0.15, 0.2) is 18.2 Å². The molecule has 0 aromatic heterocycles. The number of piperidine rings is 3. The van der Waals surface area contributed by atoms with Crippen molar-refractivity contribution < 1.29 is 19.2 Å². The van der Waals surface area contributed by atoms with Crippen molar-refractivity contribution in [3.8, 4) is 0 Å². The molecule has 31 heavy (non-hydrogen) atoms. The fourth-order valence-electron chi connectivity index (χ4n) is 5.87. The van der Waals surface area contributed by atoms with E-state index in [9.17, 15) is 19.2 Å². The summed E-state index contributed by atoms with van der Waals surface area (Å²) in [4.78, 5) is 53.2. The Hall–Kier alpha value is -2.58. The SMILES string of the molecule is NCC1CC2CCCC(C1)N2Cc1ccc2c(c1)C(=O)N(C1CCC(=O)NC1=O)C2=O. The van der Waals surface area contributed by atoms with Gasteiger partial charge in [-0.05, 0) is 62.3 Å². The minimum absolute atomic E-state index is 0.122. The molecule has 3 atom stereocenters. The number of amides is 4. The van der Waals surface area contributed by atoms with E-state index in [1.807, 2.05) is 12.1 Å². The number of rotatable bonds is 4. The van der Waals surface area contributed by atoms with Gasteiger partial charge in [0.1, 0.15) is 6.04 Å². The summed E-state index contributed by atoms with van der Waals surface area (Å²) in [5.41, 5.74) is 7.64. The fourth-order valence-corrected chi connectivity index (χ4v) is 5.87. The number of carbonyl (C=O) groups is 4. The second kappa shape index (κ2) is 7.84. The van der Waals surface area contributed by atoms with Gasteiger partial charge in [-0.25, -0.2) is 0 Å². The normalized spacial score (nSPS) is 31.1. The molecule has 4 heterocycles. The first-order chi connectivity index (χ1) is 15.0. The molecule has 8 heteroatoms. The van der Waals surface area contributed by atoms with Crippen molar-refractivity contribution in [1.29, 1.82) is 0 Å². The van der Waals surface area contributed by atoms with Crippen LogP contribution in [0.4, 0.5) is 0 Å². The van der Waals surface area contributed by atoms with Crippen molar-refractivity contribution in [2.75, 3.05) is 6.54 Å². The summed E-state index contributed by atoms with van der Waals surface area (Å²) in [5, 5.41) is 2.23. The van der Waals surface area contributed by atoms with Crippen LogP contribution in [0.2, 0.25) is 0 Å². The Morgan fingerprint density at radius 3 is 2.35 bits per heavy atom. The molecule has 0 spiro atoms. The number of nitrogens with two attached hydrogens (primary N) is 1. The Morgan fingerprint density at radius 2 is 1.68 bits per heavy atom. The molecule has 5 rings (SSSR count). The third kappa shape index (κ3) is 3.47. The average Bonchev–Trinajstić information content (AvgIpc) is 2.98. The number of carbonyl (C=O) groups excluding carboxylic acids is 4. The van der Waals surface area contributed by atoms with Crippen LogP contribution in [0, 0.1) is 5.92 Å². The molecule has 1 aromatic carbocycles. The monoisotopic (exact) mass is 424 g/mol. The van der Waals surface area contributed by atoms with Crippen molar-refractivity contribution in [3.63, 3.8) is 0 Å². The summed E-state index contributed by atoms with van der Waals surface area (Å²) in [7, 11) is 0. The molecule has 4 aliphatic rings. The fraction of sp³-hybridized carbons (Fsp3) is 0.565. The Labute approximate surface area is 181 Å². The van der Waals surface area contributed by atoms with Crippen LogP contribution in [0.1, 0.15) is 71.2 Å². The maximum atomic E-state index is 13.1. The van der Waals surface area contributed by atoms with Crippen molar-refractivity contribution in [2.45, 2.75) is 69.6 Å². The van der Waals surface area contributed by atoms with E-state index >= 15 is 0 Å². The first kappa shape index (κ1) is 20.3. The largest absolute Gasteiger partial charge is 0.330 e. The lowest BCUT2D eigenvalue weighted by atomic mass is 9.78.